The van der Waals surface area contributed by atoms with E-state index in [1.54, 1.807) is 27.4 Å². The van der Waals surface area contributed by atoms with Crippen LogP contribution < -0.4 is 19.9 Å². The van der Waals surface area contributed by atoms with E-state index in [0.29, 0.717) is 33.9 Å². The number of nitrogens with zero attached hydrogens (tertiary/aromatic N) is 2. The number of nitrogen functional groups attached to an aromatic ring is 1. The van der Waals surface area contributed by atoms with Gasteiger partial charge in [-0.1, -0.05) is 35.3 Å². The molecule has 4 rings (SSSR count). The van der Waals surface area contributed by atoms with Gasteiger partial charge in [-0.25, -0.2) is 0 Å². The molecule has 0 spiro atoms. The molecular formula is C23H25Cl2N3O3. The predicted molar refractivity (Wildman–Crippen MR) is 123 cm³/mol. The lowest BCUT2D eigenvalue weighted by molar-refractivity contribution is 0.393. The summed E-state index contributed by atoms with van der Waals surface area (Å²) in [4.78, 5) is 0. The highest BCUT2D eigenvalue weighted by Crippen LogP contribution is 2.50. The van der Waals surface area contributed by atoms with Crippen molar-refractivity contribution < 1.29 is 14.2 Å². The van der Waals surface area contributed by atoms with Gasteiger partial charge in [-0.05, 0) is 37.0 Å². The predicted octanol–water partition coefficient (Wildman–Crippen LogP) is 5.31. The minimum atomic E-state index is -0.0858. The molecule has 6 nitrogen and oxygen atoms in total. The van der Waals surface area contributed by atoms with E-state index in [4.69, 9.17) is 43.1 Å². The largest absolute Gasteiger partial charge is 0.497 e. The molecule has 0 bridgehead atoms. The van der Waals surface area contributed by atoms with Crippen molar-refractivity contribution in [3.8, 4) is 17.2 Å². The Hall–Kier alpha value is -2.57. The normalized spacial score (nSPS) is 15.5. The van der Waals surface area contributed by atoms with Gasteiger partial charge in [-0.3, -0.25) is 4.68 Å². The first-order chi connectivity index (χ1) is 15.0. The summed E-state index contributed by atoms with van der Waals surface area (Å²) in [6.45, 7) is 0.624. The Morgan fingerprint density at radius 1 is 1.00 bits per heavy atom. The molecule has 2 N–H and O–H groups in total. The molecular weight excluding hydrogens is 437 g/mol. The Morgan fingerprint density at radius 2 is 1.65 bits per heavy atom. The van der Waals surface area contributed by atoms with Gasteiger partial charge in [0.05, 0.1) is 37.9 Å². The van der Waals surface area contributed by atoms with Crippen molar-refractivity contribution in [3.63, 3.8) is 0 Å². The SMILES string of the molecule is COc1ccc(Cn2nc(N)c3c2CCCC3c2c(Cl)c(OC)cc(OC)c2Cl)cc1. The van der Waals surface area contributed by atoms with Crippen molar-refractivity contribution in [2.24, 2.45) is 0 Å². The number of hydrogen-bond acceptors (Lipinski definition) is 5. The summed E-state index contributed by atoms with van der Waals surface area (Å²) in [6, 6.07) is 9.65. The summed E-state index contributed by atoms with van der Waals surface area (Å²) in [5.41, 5.74) is 10.4. The van der Waals surface area contributed by atoms with Gasteiger partial charge in [0.15, 0.2) is 0 Å². The summed E-state index contributed by atoms with van der Waals surface area (Å²) in [5.74, 6) is 2.28. The molecule has 0 saturated heterocycles. The molecule has 1 unspecified atom stereocenters. The van der Waals surface area contributed by atoms with E-state index in [2.05, 4.69) is 5.10 Å². The highest BCUT2D eigenvalue weighted by Gasteiger charge is 2.33. The maximum Gasteiger partial charge on any atom is 0.149 e. The zero-order valence-electron chi connectivity index (χ0n) is 17.7. The molecule has 1 atom stereocenters. The van der Waals surface area contributed by atoms with Gasteiger partial charge >= 0.3 is 0 Å². The lowest BCUT2D eigenvalue weighted by atomic mass is 9.81. The molecule has 0 amide bonds. The Balaban J connectivity index is 1.77. The van der Waals surface area contributed by atoms with Crippen LogP contribution in [0.2, 0.25) is 10.0 Å². The average molecular weight is 462 g/mol. The van der Waals surface area contributed by atoms with E-state index in [1.807, 2.05) is 28.9 Å². The number of halogens is 2. The van der Waals surface area contributed by atoms with Crippen LogP contribution >= 0.6 is 23.2 Å². The molecule has 31 heavy (non-hydrogen) atoms. The number of hydrogen-bond donors (Lipinski definition) is 1. The topological polar surface area (TPSA) is 71.5 Å². The highest BCUT2D eigenvalue weighted by molar-refractivity contribution is 6.38. The van der Waals surface area contributed by atoms with E-state index in [9.17, 15) is 0 Å². The number of aromatic nitrogens is 2. The number of benzene rings is 2. The minimum Gasteiger partial charge on any atom is -0.497 e. The van der Waals surface area contributed by atoms with Gasteiger partial charge < -0.3 is 19.9 Å². The number of methoxy groups -OCH3 is 3. The minimum absolute atomic E-state index is 0.0858. The monoisotopic (exact) mass is 461 g/mol. The number of anilines is 1. The molecule has 0 fully saturated rings. The van der Waals surface area contributed by atoms with Crippen molar-refractivity contribution in [2.45, 2.75) is 31.7 Å². The number of ether oxygens (including phenoxy) is 3. The van der Waals surface area contributed by atoms with Crippen molar-refractivity contribution in [1.29, 1.82) is 0 Å². The van der Waals surface area contributed by atoms with Crippen molar-refractivity contribution in [1.82, 2.24) is 9.78 Å². The van der Waals surface area contributed by atoms with Gasteiger partial charge in [-0.2, -0.15) is 5.10 Å². The van der Waals surface area contributed by atoms with Crippen LogP contribution in [0.25, 0.3) is 0 Å². The molecule has 1 aliphatic rings. The Kier molecular flexibility index (Phi) is 6.21. The van der Waals surface area contributed by atoms with Gasteiger partial charge in [0, 0.05) is 28.8 Å². The standard InChI is InChI=1S/C23H25Cl2N3O3/c1-29-14-9-7-13(8-10-14)12-28-16-6-4-5-15(19(16)23(26)27-28)20-21(24)17(30-2)11-18(31-3)22(20)25/h7-11,15H,4-6,12H2,1-3H3,(H2,26,27). The Morgan fingerprint density at radius 3 is 2.23 bits per heavy atom. The fraction of sp³-hybridized carbons (Fsp3) is 0.348. The van der Waals surface area contributed by atoms with Crippen molar-refractivity contribution in [2.75, 3.05) is 27.1 Å². The first-order valence-corrected chi connectivity index (χ1v) is 10.8. The van der Waals surface area contributed by atoms with E-state index in [0.717, 1.165) is 47.4 Å². The smallest absolute Gasteiger partial charge is 0.149 e. The second-order valence-electron chi connectivity index (χ2n) is 7.52. The van der Waals surface area contributed by atoms with E-state index < -0.39 is 0 Å². The molecule has 8 heteroatoms. The number of nitrogens with two attached hydrogens (primary N) is 1. The quantitative estimate of drug-likeness (QED) is 0.537. The number of rotatable bonds is 6. The van der Waals surface area contributed by atoms with Crippen LogP contribution in [0.5, 0.6) is 17.2 Å². The summed E-state index contributed by atoms with van der Waals surface area (Å²) >= 11 is 13.4. The lowest BCUT2D eigenvalue weighted by Gasteiger charge is -2.27. The molecule has 1 heterocycles. The maximum absolute atomic E-state index is 6.72. The highest BCUT2D eigenvalue weighted by atomic mass is 35.5. The van der Waals surface area contributed by atoms with Crippen LogP contribution in [-0.2, 0) is 13.0 Å². The van der Waals surface area contributed by atoms with Crippen LogP contribution in [0.4, 0.5) is 5.82 Å². The molecule has 0 radical (unpaired) electrons. The van der Waals surface area contributed by atoms with Crippen molar-refractivity contribution >= 4 is 29.0 Å². The first kappa shape index (κ1) is 21.7. The molecule has 164 valence electrons. The third-order valence-corrected chi connectivity index (χ3v) is 6.61. The van der Waals surface area contributed by atoms with E-state index in [-0.39, 0.29) is 5.92 Å². The fourth-order valence-corrected chi connectivity index (χ4v) is 5.09. The third kappa shape index (κ3) is 3.90. The molecule has 2 aromatic carbocycles. The zero-order chi connectivity index (χ0) is 22.1. The van der Waals surface area contributed by atoms with Gasteiger partial charge in [0.2, 0.25) is 0 Å². The lowest BCUT2D eigenvalue weighted by Crippen LogP contribution is -2.16. The summed E-state index contributed by atoms with van der Waals surface area (Å²) in [5, 5.41) is 5.63. The van der Waals surface area contributed by atoms with Crippen LogP contribution in [0.1, 0.15) is 41.1 Å². The van der Waals surface area contributed by atoms with E-state index in [1.165, 1.54) is 0 Å². The van der Waals surface area contributed by atoms with E-state index >= 15 is 0 Å². The molecule has 1 aliphatic carbocycles. The zero-order valence-corrected chi connectivity index (χ0v) is 19.3. The molecule has 3 aromatic rings. The van der Waals surface area contributed by atoms with Crippen LogP contribution in [0.3, 0.4) is 0 Å². The summed E-state index contributed by atoms with van der Waals surface area (Å²) in [6.07, 6.45) is 2.72. The second-order valence-corrected chi connectivity index (χ2v) is 8.27. The summed E-state index contributed by atoms with van der Waals surface area (Å²) < 4.78 is 18.2. The Labute approximate surface area is 191 Å². The second kappa shape index (κ2) is 8.89. The van der Waals surface area contributed by atoms with Crippen molar-refractivity contribution in [3.05, 3.63) is 62.8 Å². The third-order valence-electron chi connectivity index (χ3n) is 5.83. The van der Waals surface area contributed by atoms with Gasteiger partial charge in [0.1, 0.15) is 23.1 Å². The fourth-order valence-electron chi connectivity index (χ4n) is 4.33. The summed E-state index contributed by atoms with van der Waals surface area (Å²) in [7, 11) is 4.81. The van der Waals surface area contributed by atoms with Crippen LogP contribution in [0.15, 0.2) is 30.3 Å². The maximum atomic E-state index is 6.72. The Bertz CT molecular complexity index is 1070. The van der Waals surface area contributed by atoms with Gasteiger partial charge in [0.25, 0.3) is 0 Å². The molecule has 1 aromatic heterocycles. The molecule has 0 aliphatic heterocycles. The van der Waals surface area contributed by atoms with Gasteiger partial charge in [-0.15, -0.1) is 0 Å². The number of fused-ring (bicyclic) bond motifs is 1. The molecule has 0 saturated carbocycles. The van der Waals surface area contributed by atoms with Crippen LogP contribution in [0, 0.1) is 0 Å². The van der Waals surface area contributed by atoms with Crippen LogP contribution in [-0.4, -0.2) is 31.1 Å². The average Bonchev–Trinajstić information content (AvgIpc) is 3.10. The first-order valence-electron chi connectivity index (χ1n) is 10.1.